The number of halogens is 1. The van der Waals surface area contributed by atoms with E-state index in [1.54, 1.807) is 25.3 Å². The van der Waals surface area contributed by atoms with Crippen LogP contribution in [0.5, 0.6) is 5.75 Å². The Labute approximate surface area is 128 Å². The quantitative estimate of drug-likeness (QED) is 0.852. The average molecular weight is 303 g/mol. The highest BCUT2D eigenvalue weighted by Gasteiger charge is 2.12. The van der Waals surface area contributed by atoms with Crippen LogP contribution in [-0.2, 0) is 11.3 Å². The number of methoxy groups -OCH3 is 1. The average Bonchev–Trinajstić information content (AvgIpc) is 2.53. The lowest BCUT2D eigenvalue weighted by Gasteiger charge is -2.25. The molecule has 0 unspecified atom stereocenters. The maximum absolute atomic E-state index is 13.8. The molecule has 0 amide bonds. The van der Waals surface area contributed by atoms with Gasteiger partial charge in [-0.2, -0.15) is 0 Å². The Kier molecular flexibility index (Phi) is 5.36. The summed E-state index contributed by atoms with van der Waals surface area (Å²) in [5, 5.41) is 8.91. The molecule has 0 bridgehead atoms. The van der Waals surface area contributed by atoms with Crippen LogP contribution in [0.3, 0.4) is 0 Å². The van der Waals surface area contributed by atoms with Crippen molar-refractivity contribution in [2.45, 2.75) is 13.0 Å². The van der Waals surface area contributed by atoms with Gasteiger partial charge in [0.2, 0.25) is 0 Å². The van der Waals surface area contributed by atoms with Gasteiger partial charge in [-0.15, -0.1) is 0 Å². The van der Waals surface area contributed by atoms with E-state index in [1.807, 2.05) is 29.2 Å². The zero-order valence-corrected chi connectivity index (χ0v) is 12.3. The fourth-order valence-electron chi connectivity index (χ4n) is 2.17. The molecule has 0 saturated carbocycles. The topological polar surface area (TPSA) is 49.8 Å². The van der Waals surface area contributed by atoms with Crippen LogP contribution in [0.25, 0.3) is 0 Å². The summed E-state index contributed by atoms with van der Waals surface area (Å²) in [5.41, 5.74) is 1.32. The van der Waals surface area contributed by atoms with Crippen LogP contribution in [0.2, 0.25) is 0 Å². The van der Waals surface area contributed by atoms with Crippen LogP contribution in [0, 0.1) is 5.82 Å². The molecule has 22 heavy (non-hydrogen) atoms. The summed E-state index contributed by atoms with van der Waals surface area (Å²) in [6, 6.07) is 13.8. The number of rotatable bonds is 7. The molecule has 0 atom stereocenters. The summed E-state index contributed by atoms with van der Waals surface area (Å²) >= 11 is 0. The number of hydrogen-bond acceptors (Lipinski definition) is 3. The van der Waals surface area contributed by atoms with Gasteiger partial charge in [-0.25, -0.2) is 4.39 Å². The normalized spacial score (nSPS) is 10.3. The first kappa shape index (κ1) is 15.8. The monoisotopic (exact) mass is 303 g/mol. The Morgan fingerprint density at radius 1 is 1.23 bits per heavy atom. The van der Waals surface area contributed by atoms with E-state index in [0.29, 0.717) is 17.9 Å². The van der Waals surface area contributed by atoms with Crippen LogP contribution in [-0.4, -0.2) is 24.7 Å². The zero-order valence-electron chi connectivity index (χ0n) is 12.3. The highest BCUT2D eigenvalue weighted by Crippen LogP contribution is 2.23. The molecular weight excluding hydrogens is 285 g/mol. The van der Waals surface area contributed by atoms with Crippen LogP contribution in [0.15, 0.2) is 48.5 Å². The number of carboxylic acid groups (broad SMARTS) is 1. The molecule has 2 rings (SSSR count). The van der Waals surface area contributed by atoms with Crippen LogP contribution in [0.1, 0.15) is 12.0 Å². The molecule has 4 nitrogen and oxygen atoms in total. The predicted octanol–water partition coefficient (Wildman–Crippen LogP) is 3.32. The van der Waals surface area contributed by atoms with E-state index in [9.17, 15) is 9.18 Å². The predicted molar refractivity (Wildman–Crippen MR) is 82.7 cm³/mol. The summed E-state index contributed by atoms with van der Waals surface area (Å²) in [7, 11) is 1.57. The first-order valence-electron chi connectivity index (χ1n) is 6.94. The van der Waals surface area contributed by atoms with Gasteiger partial charge in [0, 0.05) is 30.4 Å². The zero-order chi connectivity index (χ0) is 15.9. The summed E-state index contributed by atoms with van der Waals surface area (Å²) in [6.07, 6.45) is -0.0222. The second kappa shape index (κ2) is 7.45. The van der Waals surface area contributed by atoms with Gasteiger partial charge >= 0.3 is 5.97 Å². The summed E-state index contributed by atoms with van der Waals surface area (Å²) in [4.78, 5) is 12.7. The van der Waals surface area contributed by atoms with E-state index in [1.165, 1.54) is 6.07 Å². The van der Waals surface area contributed by atoms with Crippen molar-refractivity contribution in [2.24, 2.45) is 0 Å². The van der Waals surface area contributed by atoms with Gasteiger partial charge in [-0.1, -0.05) is 24.3 Å². The lowest BCUT2D eigenvalue weighted by molar-refractivity contribution is -0.136. The molecule has 0 fully saturated rings. The Morgan fingerprint density at radius 2 is 2.00 bits per heavy atom. The van der Waals surface area contributed by atoms with Crippen molar-refractivity contribution in [3.05, 3.63) is 59.9 Å². The largest absolute Gasteiger partial charge is 0.497 e. The van der Waals surface area contributed by atoms with E-state index in [0.717, 1.165) is 5.69 Å². The molecule has 0 aliphatic rings. The van der Waals surface area contributed by atoms with Crippen molar-refractivity contribution in [3.63, 3.8) is 0 Å². The van der Waals surface area contributed by atoms with Gasteiger partial charge in [-0.05, 0) is 18.2 Å². The fourth-order valence-corrected chi connectivity index (χ4v) is 2.17. The van der Waals surface area contributed by atoms with E-state index in [2.05, 4.69) is 0 Å². The number of benzene rings is 2. The highest BCUT2D eigenvalue weighted by atomic mass is 19.1. The van der Waals surface area contributed by atoms with E-state index in [4.69, 9.17) is 9.84 Å². The third-order valence-electron chi connectivity index (χ3n) is 3.33. The first-order chi connectivity index (χ1) is 10.6. The SMILES string of the molecule is COc1cccc(N(CCC(=O)O)Cc2ccccc2F)c1. The van der Waals surface area contributed by atoms with Crippen LogP contribution in [0.4, 0.5) is 10.1 Å². The molecule has 0 spiro atoms. The molecule has 0 aliphatic heterocycles. The Hall–Kier alpha value is -2.56. The van der Waals surface area contributed by atoms with Gasteiger partial charge in [0.15, 0.2) is 0 Å². The minimum absolute atomic E-state index is 0.0222. The third kappa shape index (κ3) is 4.22. The van der Waals surface area contributed by atoms with E-state index in [-0.39, 0.29) is 18.8 Å². The van der Waals surface area contributed by atoms with E-state index < -0.39 is 5.97 Å². The molecule has 0 aliphatic carbocycles. The minimum Gasteiger partial charge on any atom is -0.497 e. The highest BCUT2D eigenvalue weighted by molar-refractivity contribution is 5.67. The Balaban J connectivity index is 2.25. The molecule has 0 radical (unpaired) electrons. The molecule has 0 saturated heterocycles. The molecule has 1 N–H and O–H groups in total. The summed E-state index contributed by atoms with van der Waals surface area (Å²) in [6.45, 7) is 0.587. The van der Waals surface area contributed by atoms with Crippen molar-refractivity contribution < 1.29 is 19.0 Å². The number of ether oxygens (including phenoxy) is 1. The molecule has 0 heterocycles. The van der Waals surface area contributed by atoms with Crippen molar-refractivity contribution in [2.75, 3.05) is 18.6 Å². The van der Waals surface area contributed by atoms with Crippen LogP contribution >= 0.6 is 0 Å². The van der Waals surface area contributed by atoms with E-state index >= 15 is 0 Å². The number of hydrogen-bond donors (Lipinski definition) is 1. The first-order valence-corrected chi connectivity index (χ1v) is 6.94. The standard InChI is InChI=1S/C17H18FNO3/c1-22-15-7-4-6-14(11-15)19(10-9-17(20)21)12-13-5-2-3-8-16(13)18/h2-8,11H,9-10,12H2,1H3,(H,20,21). The van der Waals surface area contributed by atoms with Gasteiger partial charge in [-0.3, -0.25) is 4.79 Å². The summed E-state index contributed by atoms with van der Waals surface area (Å²) < 4.78 is 19.0. The number of anilines is 1. The molecule has 5 heteroatoms. The molecule has 0 aromatic heterocycles. The summed E-state index contributed by atoms with van der Waals surface area (Å²) in [5.74, 6) is -0.515. The molecule has 116 valence electrons. The Morgan fingerprint density at radius 3 is 2.68 bits per heavy atom. The van der Waals surface area contributed by atoms with Crippen molar-refractivity contribution in [1.82, 2.24) is 0 Å². The second-order valence-electron chi connectivity index (χ2n) is 4.86. The second-order valence-corrected chi connectivity index (χ2v) is 4.86. The smallest absolute Gasteiger partial charge is 0.305 e. The number of carbonyl (C=O) groups is 1. The van der Waals surface area contributed by atoms with Crippen molar-refractivity contribution in [1.29, 1.82) is 0 Å². The molecule has 2 aromatic carbocycles. The molecular formula is C17H18FNO3. The van der Waals surface area contributed by atoms with Gasteiger partial charge in [0.25, 0.3) is 0 Å². The third-order valence-corrected chi connectivity index (χ3v) is 3.33. The number of carboxylic acids is 1. The van der Waals surface area contributed by atoms with Gasteiger partial charge < -0.3 is 14.7 Å². The van der Waals surface area contributed by atoms with Gasteiger partial charge in [0.05, 0.1) is 13.5 Å². The number of aliphatic carboxylic acids is 1. The minimum atomic E-state index is -0.888. The molecule has 2 aromatic rings. The van der Waals surface area contributed by atoms with Crippen molar-refractivity contribution >= 4 is 11.7 Å². The lowest BCUT2D eigenvalue weighted by atomic mass is 10.1. The van der Waals surface area contributed by atoms with Gasteiger partial charge in [0.1, 0.15) is 11.6 Å². The van der Waals surface area contributed by atoms with Crippen molar-refractivity contribution in [3.8, 4) is 5.75 Å². The maximum atomic E-state index is 13.8. The Bertz CT molecular complexity index is 645. The maximum Gasteiger partial charge on any atom is 0.305 e. The number of nitrogens with zero attached hydrogens (tertiary/aromatic N) is 1. The lowest BCUT2D eigenvalue weighted by Crippen LogP contribution is -2.26. The fraction of sp³-hybridized carbons (Fsp3) is 0.235. The van der Waals surface area contributed by atoms with Crippen LogP contribution < -0.4 is 9.64 Å².